The number of hydrogen-bond donors (Lipinski definition) is 1. The van der Waals surface area contributed by atoms with Crippen LogP contribution in [0.1, 0.15) is 44.9 Å². The summed E-state index contributed by atoms with van der Waals surface area (Å²) >= 11 is 0. The molecule has 4 aliphatic carbocycles. The average Bonchev–Trinajstić information content (AvgIpc) is 2.12. The topological polar surface area (TPSA) is 29.3 Å². The molecule has 2 heteroatoms. The molecule has 0 saturated heterocycles. The summed E-state index contributed by atoms with van der Waals surface area (Å²) in [4.78, 5) is 0. The summed E-state index contributed by atoms with van der Waals surface area (Å²) in [6.07, 6.45) is 10.6. The van der Waals surface area contributed by atoms with Crippen LogP contribution in [0.5, 0.6) is 0 Å². The van der Waals surface area contributed by atoms with E-state index in [1.54, 1.807) is 19.3 Å². The molecule has 4 aliphatic rings. The molecule has 0 unspecified atom stereocenters. The van der Waals surface area contributed by atoms with Crippen molar-refractivity contribution in [2.24, 2.45) is 29.0 Å². The molecule has 0 radical (unpaired) electrons. The highest BCUT2D eigenvalue weighted by Crippen LogP contribution is 2.61. The van der Waals surface area contributed by atoms with Crippen LogP contribution >= 0.6 is 0 Å². The lowest BCUT2D eigenvalue weighted by molar-refractivity contribution is -0.0602. The maximum absolute atomic E-state index is 5.76. The monoisotopic (exact) mass is 208 g/mol. The second kappa shape index (κ2) is 3.46. The summed E-state index contributed by atoms with van der Waals surface area (Å²) in [5, 5.41) is 1.87. The summed E-state index contributed by atoms with van der Waals surface area (Å²) < 4.78 is 0. The molecule has 4 rings (SSSR count). The Morgan fingerprint density at radius 1 is 1.07 bits per heavy atom. The minimum atomic E-state index is 0.711. The summed E-state index contributed by atoms with van der Waals surface area (Å²) in [6.45, 7) is 1.09. The van der Waals surface area contributed by atoms with Crippen LogP contribution in [0.3, 0.4) is 0 Å². The number of nitrogens with two attached hydrogens (primary N) is 1. The van der Waals surface area contributed by atoms with E-state index in [9.17, 15) is 0 Å². The third kappa shape index (κ3) is 1.83. The van der Waals surface area contributed by atoms with E-state index in [0.717, 1.165) is 24.3 Å². The standard InChI is InChI=1S/C13H24N2/c1-15(14)3-2-13-7-10-4-11(8-13)6-12(5-10)9-13/h10-12H,2-9,14H2,1H3. The van der Waals surface area contributed by atoms with Gasteiger partial charge in [0, 0.05) is 13.6 Å². The van der Waals surface area contributed by atoms with Crippen LogP contribution in [0.2, 0.25) is 0 Å². The number of nitrogens with zero attached hydrogens (tertiary/aromatic N) is 1. The van der Waals surface area contributed by atoms with Crippen molar-refractivity contribution >= 4 is 0 Å². The predicted octanol–water partition coefficient (Wildman–Crippen LogP) is 2.40. The van der Waals surface area contributed by atoms with Crippen LogP contribution in [-0.4, -0.2) is 18.6 Å². The Morgan fingerprint density at radius 3 is 1.93 bits per heavy atom. The molecule has 4 saturated carbocycles. The average molecular weight is 208 g/mol. The van der Waals surface area contributed by atoms with E-state index >= 15 is 0 Å². The van der Waals surface area contributed by atoms with Crippen LogP contribution in [0, 0.1) is 23.2 Å². The van der Waals surface area contributed by atoms with E-state index in [1.807, 2.05) is 12.1 Å². The van der Waals surface area contributed by atoms with Gasteiger partial charge in [0.25, 0.3) is 0 Å². The van der Waals surface area contributed by atoms with E-state index < -0.39 is 0 Å². The smallest absolute Gasteiger partial charge is 0.0130 e. The Hall–Kier alpha value is -0.0800. The highest BCUT2D eigenvalue weighted by molar-refractivity contribution is 5.01. The van der Waals surface area contributed by atoms with Gasteiger partial charge >= 0.3 is 0 Å². The fraction of sp³-hybridized carbons (Fsp3) is 1.00. The maximum atomic E-state index is 5.76. The molecular weight excluding hydrogens is 184 g/mol. The van der Waals surface area contributed by atoms with Gasteiger partial charge in [-0.1, -0.05) is 0 Å². The van der Waals surface area contributed by atoms with Crippen molar-refractivity contribution in [1.82, 2.24) is 5.01 Å². The van der Waals surface area contributed by atoms with Gasteiger partial charge in [0.1, 0.15) is 0 Å². The molecule has 0 amide bonds. The van der Waals surface area contributed by atoms with E-state index in [4.69, 9.17) is 5.84 Å². The van der Waals surface area contributed by atoms with Crippen molar-refractivity contribution in [2.75, 3.05) is 13.6 Å². The molecule has 4 bridgehead atoms. The fourth-order valence-corrected chi connectivity index (χ4v) is 5.01. The van der Waals surface area contributed by atoms with Crippen molar-refractivity contribution in [3.8, 4) is 0 Å². The molecule has 0 spiro atoms. The zero-order valence-corrected chi connectivity index (χ0v) is 9.91. The van der Waals surface area contributed by atoms with Crippen LogP contribution < -0.4 is 5.84 Å². The largest absolute Gasteiger partial charge is 0.269 e. The zero-order chi connectivity index (χ0) is 10.5. The van der Waals surface area contributed by atoms with Gasteiger partial charge in [-0.15, -0.1) is 0 Å². The summed E-state index contributed by atoms with van der Waals surface area (Å²) in [5.74, 6) is 9.00. The predicted molar refractivity (Wildman–Crippen MR) is 62.0 cm³/mol. The van der Waals surface area contributed by atoms with Gasteiger partial charge in [0.2, 0.25) is 0 Å². The molecule has 0 aliphatic heterocycles. The van der Waals surface area contributed by atoms with Gasteiger partial charge in [0.05, 0.1) is 0 Å². The first kappa shape index (κ1) is 10.1. The SMILES string of the molecule is CN(N)CCC12CC3CC(CC(C3)C1)C2. The third-order valence-corrected chi connectivity index (χ3v) is 5.16. The molecule has 2 N–H and O–H groups in total. The Kier molecular flexibility index (Phi) is 2.33. The first-order valence-corrected chi connectivity index (χ1v) is 6.61. The number of rotatable bonds is 3. The van der Waals surface area contributed by atoms with Crippen LogP contribution in [-0.2, 0) is 0 Å². The van der Waals surface area contributed by atoms with Gasteiger partial charge in [-0.25, -0.2) is 0 Å². The summed E-state index contributed by atoms with van der Waals surface area (Å²) in [6, 6.07) is 0. The molecule has 0 heterocycles. The van der Waals surface area contributed by atoms with Crippen molar-refractivity contribution in [3.05, 3.63) is 0 Å². The first-order chi connectivity index (χ1) is 7.15. The molecule has 0 aromatic carbocycles. The van der Waals surface area contributed by atoms with Crippen molar-refractivity contribution in [3.63, 3.8) is 0 Å². The van der Waals surface area contributed by atoms with Crippen molar-refractivity contribution in [2.45, 2.75) is 44.9 Å². The van der Waals surface area contributed by atoms with Gasteiger partial charge in [-0.2, -0.15) is 0 Å². The molecule has 0 aromatic rings. The second-order valence-corrected chi connectivity index (χ2v) is 6.65. The lowest BCUT2D eigenvalue weighted by Crippen LogP contribution is -2.47. The quantitative estimate of drug-likeness (QED) is 0.570. The summed E-state index contributed by atoms with van der Waals surface area (Å²) in [5.41, 5.74) is 0.711. The Balaban J connectivity index is 1.70. The van der Waals surface area contributed by atoms with Crippen LogP contribution in [0.15, 0.2) is 0 Å². The van der Waals surface area contributed by atoms with Crippen molar-refractivity contribution < 1.29 is 0 Å². The Bertz CT molecular complexity index is 212. The maximum Gasteiger partial charge on any atom is 0.0130 e. The molecule has 4 fully saturated rings. The molecule has 2 nitrogen and oxygen atoms in total. The molecule has 0 atom stereocenters. The Labute approximate surface area is 93.2 Å². The van der Waals surface area contributed by atoms with E-state index in [-0.39, 0.29) is 0 Å². The first-order valence-electron chi connectivity index (χ1n) is 6.61. The minimum absolute atomic E-state index is 0.711. The molecule has 86 valence electrons. The normalized spacial score (nSPS) is 47.8. The fourth-order valence-electron chi connectivity index (χ4n) is 5.01. The summed E-state index contributed by atoms with van der Waals surface area (Å²) in [7, 11) is 2.00. The third-order valence-electron chi connectivity index (χ3n) is 5.16. The van der Waals surface area contributed by atoms with Gasteiger partial charge in [-0.05, 0) is 68.1 Å². The minimum Gasteiger partial charge on any atom is -0.269 e. The van der Waals surface area contributed by atoms with E-state index in [1.165, 1.54) is 25.7 Å². The number of hydrogen-bond acceptors (Lipinski definition) is 2. The molecule has 0 aromatic heterocycles. The van der Waals surface area contributed by atoms with Crippen LogP contribution in [0.25, 0.3) is 0 Å². The van der Waals surface area contributed by atoms with E-state index in [2.05, 4.69) is 0 Å². The van der Waals surface area contributed by atoms with Crippen LogP contribution in [0.4, 0.5) is 0 Å². The van der Waals surface area contributed by atoms with E-state index in [0.29, 0.717) is 5.41 Å². The van der Waals surface area contributed by atoms with Gasteiger partial charge in [-0.3, -0.25) is 10.9 Å². The lowest BCUT2D eigenvalue weighted by atomic mass is 9.49. The molecule has 15 heavy (non-hydrogen) atoms. The highest BCUT2D eigenvalue weighted by Gasteiger charge is 2.50. The lowest BCUT2D eigenvalue weighted by Gasteiger charge is -2.57. The molecular formula is C13H24N2. The highest BCUT2D eigenvalue weighted by atomic mass is 15.4. The van der Waals surface area contributed by atoms with Crippen molar-refractivity contribution in [1.29, 1.82) is 0 Å². The Morgan fingerprint density at radius 2 is 1.53 bits per heavy atom. The van der Waals surface area contributed by atoms with Gasteiger partial charge < -0.3 is 0 Å². The van der Waals surface area contributed by atoms with Gasteiger partial charge in [0.15, 0.2) is 0 Å². The second-order valence-electron chi connectivity index (χ2n) is 6.65. The zero-order valence-electron chi connectivity index (χ0n) is 9.91. The number of hydrazine groups is 1.